The van der Waals surface area contributed by atoms with Gasteiger partial charge < -0.3 is 25.2 Å². The number of nitrogens with two attached hydrogens (primary N) is 1. The summed E-state index contributed by atoms with van der Waals surface area (Å²) in [7, 11) is 1.55. The van der Waals surface area contributed by atoms with Crippen LogP contribution in [-0.4, -0.2) is 48.4 Å². The van der Waals surface area contributed by atoms with Crippen molar-refractivity contribution in [2.75, 3.05) is 25.1 Å². The second kappa shape index (κ2) is 9.16. The van der Waals surface area contributed by atoms with E-state index in [1.54, 1.807) is 19.2 Å². The average Bonchev–Trinajstić information content (AvgIpc) is 3.29. The molecule has 3 aromatic rings. The fraction of sp³-hybridized carbons (Fsp3) is 0.440. The lowest BCUT2D eigenvalue weighted by Crippen LogP contribution is -2.53. The first-order valence-corrected chi connectivity index (χ1v) is 11.8. The van der Waals surface area contributed by atoms with Gasteiger partial charge in [-0.3, -0.25) is 4.79 Å². The predicted octanol–water partition coefficient (Wildman–Crippen LogP) is 3.42. The lowest BCUT2D eigenvalue weighted by atomic mass is 9.56. The van der Waals surface area contributed by atoms with Crippen molar-refractivity contribution >= 4 is 28.7 Å². The number of carbonyl (C=O) groups is 2. The average molecular weight is 482 g/mol. The molecule has 1 spiro atoms. The minimum atomic E-state index is -0.738. The van der Waals surface area contributed by atoms with Crippen LogP contribution in [0, 0.1) is 17.2 Å². The number of ether oxygens (including phenoxy) is 1. The molecule has 1 aromatic carbocycles. The fourth-order valence-electron chi connectivity index (χ4n) is 5.71. The van der Waals surface area contributed by atoms with E-state index in [9.17, 15) is 14.0 Å². The monoisotopic (exact) mass is 481 g/mol. The van der Waals surface area contributed by atoms with E-state index in [0.29, 0.717) is 24.7 Å². The second-order valence-corrected chi connectivity index (χ2v) is 9.67. The third kappa shape index (κ3) is 4.78. The molecule has 0 radical (unpaired) electrons. The standard InChI is InChI=1S/C25H28FN5O4/c1-28-23(32)21-10-19(35-30-21)9-18-13-25(11-15(12-25)14-34-24(27)33)6-7-31(18)22-5-2-16-8-17(26)3-4-20(16)29-22/h2-5,8,10,15,18H,6-7,9,11-14H2,1H3,(H2,27,33)(H,28,32). The predicted molar refractivity (Wildman–Crippen MR) is 126 cm³/mol. The van der Waals surface area contributed by atoms with Crippen LogP contribution in [-0.2, 0) is 11.2 Å². The minimum absolute atomic E-state index is 0.0673. The van der Waals surface area contributed by atoms with Crippen molar-refractivity contribution in [3.8, 4) is 0 Å². The minimum Gasteiger partial charge on any atom is -0.449 e. The normalized spacial score (nSPS) is 23.8. The number of primary amides is 1. The van der Waals surface area contributed by atoms with Gasteiger partial charge in [-0.05, 0) is 67.3 Å². The van der Waals surface area contributed by atoms with Crippen molar-refractivity contribution in [1.82, 2.24) is 15.5 Å². The van der Waals surface area contributed by atoms with Crippen molar-refractivity contribution in [3.05, 3.63) is 53.7 Å². The Morgan fingerprint density at radius 2 is 2.09 bits per heavy atom. The molecule has 2 aliphatic rings. The van der Waals surface area contributed by atoms with Gasteiger partial charge in [-0.2, -0.15) is 0 Å². The molecule has 1 saturated heterocycles. The van der Waals surface area contributed by atoms with Gasteiger partial charge in [-0.1, -0.05) is 5.16 Å². The number of nitrogens with zero attached hydrogens (tertiary/aromatic N) is 3. The van der Waals surface area contributed by atoms with E-state index in [1.165, 1.54) is 12.1 Å². The van der Waals surface area contributed by atoms with E-state index >= 15 is 0 Å². The van der Waals surface area contributed by atoms with Crippen molar-refractivity contribution in [1.29, 1.82) is 0 Å². The molecular formula is C25H28FN5O4. The molecule has 184 valence electrons. The van der Waals surface area contributed by atoms with Gasteiger partial charge in [0.05, 0.1) is 12.1 Å². The van der Waals surface area contributed by atoms with Crippen LogP contribution in [0.25, 0.3) is 10.9 Å². The van der Waals surface area contributed by atoms with Gasteiger partial charge in [-0.25, -0.2) is 14.2 Å². The topological polar surface area (TPSA) is 124 Å². The summed E-state index contributed by atoms with van der Waals surface area (Å²) in [5.74, 6) is 1.18. The second-order valence-electron chi connectivity index (χ2n) is 9.67. The number of anilines is 1. The quantitative estimate of drug-likeness (QED) is 0.553. The fourth-order valence-corrected chi connectivity index (χ4v) is 5.71. The smallest absolute Gasteiger partial charge is 0.404 e. The van der Waals surface area contributed by atoms with Crippen molar-refractivity contribution in [2.24, 2.45) is 17.1 Å². The summed E-state index contributed by atoms with van der Waals surface area (Å²) in [6.45, 7) is 1.15. The number of hydrogen-bond donors (Lipinski definition) is 2. The molecule has 3 N–H and O–H groups in total. The van der Waals surface area contributed by atoms with Gasteiger partial charge in [0, 0.05) is 37.5 Å². The summed E-state index contributed by atoms with van der Waals surface area (Å²) in [4.78, 5) is 30.0. The number of aromatic nitrogens is 2. The number of amides is 2. The zero-order valence-corrected chi connectivity index (χ0v) is 19.5. The maximum Gasteiger partial charge on any atom is 0.404 e. The Bertz CT molecular complexity index is 1260. The molecular weight excluding hydrogens is 453 g/mol. The Kier molecular flexibility index (Phi) is 6.04. The number of halogens is 1. The highest BCUT2D eigenvalue weighted by atomic mass is 19.1. The SMILES string of the molecule is CNC(=O)c1cc(CC2CC3(CCN2c2ccc4cc(F)ccc4n2)CC(COC(N)=O)C3)on1. The highest BCUT2D eigenvalue weighted by Crippen LogP contribution is 2.54. The van der Waals surface area contributed by atoms with Crippen LogP contribution >= 0.6 is 0 Å². The first-order valence-electron chi connectivity index (χ1n) is 11.8. The Hall–Kier alpha value is -3.69. The van der Waals surface area contributed by atoms with Gasteiger partial charge in [0.15, 0.2) is 5.69 Å². The van der Waals surface area contributed by atoms with Crippen LogP contribution in [0.5, 0.6) is 0 Å². The number of piperidine rings is 1. The van der Waals surface area contributed by atoms with Crippen molar-refractivity contribution in [2.45, 2.75) is 38.1 Å². The van der Waals surface area contributed by atoms with E-state index in [-0.39, 0.29) is 28.9 Å². The molecule has 10 heteroatoms. The van der Waals surface area contributed by atoms with E-state index in [0.717, 1.165) is 48.9 Å². The lowest BCUT2D eigenvalue weighted by molar-refractivity contribution is -0.0172. The Morgan fingerprint density at radius 1 is 1.26 bits per heavy atom. The summed E-state index contributed by atoms with van der Waals surface area (Å²) in [5, 5.41) is 7.21. The van der Waals surface area contributed by atoms with Gasteiger partial charge in [0.2, 0.25) is 0 Å². The van der Waals surface area contributed by atoms with E-state index in [1.807, 2.05) is 12.1 Å². The van der Waals surface area contributed by atoms with Gasteiger partial charge >= 0.3 is 6.09 Å². The van der Waals surface area contributed by atoms with Crippen LogP contribution in [0.3, 0.4) is 0 Å². The van der Waals surface area contributed by atoms with Crippen LogP contribution in [0.15, 0.2) is 40.9 Å². The third-order valence-corrected chi connectivity index (χ3v) is 7.28. The summed E-state index contributed by atoms with van der Waals surface area (Å²) >= 11 is 0. The Morgan fingerprint density at radius 3 is 2.86 bits per heavy atom. The molecule has 1 atom stereocenters. The third-order valence-electron chi connectivity index (χ3n) is 7.28. The Labute approximate surface area is 201 Å². The number of fused-ring (bicyclic) bond motifs is 1. The summed E-state index contributed by atoms with van der Waals surface area (Å²) in [6, 6.07) is 10.1. The molecule has 5 rings (SSSR count). The van der Waals surface area contributed by atoms with Crippen LogP contribution in [0.4, 0.5) is 15.0 Å². The van der Waals surface area contributed by atoms with Crippen LogP contribution in [0.2, 0.25) is 0 Å². The highest BCUT2D eigenvalue weighted by molar-refractivity contribution is 5.91. The molecule has 35 heavy (non-hydrogen) atoms. The summed E-state index contributed by atoms with van der Waals surface area (Å²) < 4.78 is 24.1. The highest BCUT2D eigenvalue weighted by Gasteiger charge is 2.49. The van der Waals surface area contributed by atoms with E-state index in [2.05, 4.69) is 15.4 Å². The lowest BCUT2D eigenvalue weighted by Gasteiger charge is -2.55. The summed E-state index contributed by atoms with van der Waals surface area (Å²) in [5.41, 5.74) is 6.25. The first kappa shape index (κ1) is 23.1. The van der Waals surface area contributed by atoms with E-state index in [4.69, 9.17) is 20.0 Å². The number of nitrogens with one attached hydrogen (secondary N) is 1. The Balaban J connectivity index is 1.38. The molecule has 9 nitrogen and oxygen atoms in total. The zero-order valence-electron chi connectivity index (χ0n) is 19.5. The number of carbonyl (C=O) groups excluding carboxylic acids is 2. The number of hydrogen-bond acceptors (Lipinski definition) is 7. The zero-order chi connectivity index (χ0) is 24.6. The molecule has 3 heterocycles. The largest absolute Gasteiger partial charge is 0.449 e. The van der Waals surface area contributed by atoms with Gasteiger partial charge in [0.1, 0.15) is 17.4 Å². The molecule has 2 fully saturated rings. The van der Waals surface area contributed by atoms with E-state index < -0.39 is 6.09 Å². The molecule has 2 aromatic heterocycles. The van der Waals surface area contributed by atoms with Crippen LogP contribution in [0.1, 0.15) is 41.9 Å². The maximum atomic E-state index is 13.6. The van der Waals surface area contributed by atoms with Gasteiger partial charge in [-0.15, -0.1) is 0 Å². The van der Waals surface area contributed by atoms with Crippen molar-refractivity contribution < 1.29 is 23.2 Å². The number of rotatable bonds is 6. The molecule has 2 amide bonds. The number of pyridine rings is 1. The first-order chi connectivity index (χ1) is 16.8. The number of benzene rings is 1. The van der Waals surface area contributed by atoms with Crippen molar-refractivity contribution in [3.63, 3.8) is 0 Å². The summed E-state index contributed by atoms with van der Waals surface area (Å²) in [6.07, 6.45) is 3.65. The molecule has 0 bridgehead atoms. The molecule has 1 aliphatic heterocycles. The molecule has 1 saturated carbocycles. The molecule has 1 unspecified atom stereocenters. The molecule has 1 aliphatic carbocycles. The van der Waals surface area contributed by atoms with Crippen LogP contribution < -0.4 is 16.0 Å². The maximum absolute atomic E-state index is 13.6. The van der Waals surface area contributed by atoms with Gasteiger partial charge in [0.25, 0.3) is 5.91 Å².